The number of aliphatic hydroxyl groups is 1. The van der Waals surface area contributed by atoms with Crippen molar-refractivity contribution in [3.63, 3.8) is 0 Å². The molecule has 1 aliphatic heterocycles. The lowest BCUT2D eigenvalue weighted by molar-refractivity contribution is -0.159. The summed E-state index contributed by atoms with van der Waals surface area (Å²) in [5, 5.41) is 14.3. The Balaban J connectivity index is 1.61. The number of hydrogen-bond acceptors (Lipinski definition) is 4. The molecule has 3 rings (SSSR count). The molecule has 1 saturated carbocycles. The minimum absolute atomic E-state index is 0.0734. The van der Waals surface area contributed by atoms with Gasteiger partial charge >= 0.3 is 6.09 Å². The minimum Gasteiger partial charge on any atom is -0.438 e. The molecule has 1 heterocycles. The van der Waals surface area contributed by atoms with Gasteiger partial charge in [-0.3, -0.25) is 9.69 Å². The Kier molecular flexibility index (Phi) is 4.93. The van der Waals surface area contributed by atoms with Crippen LogP contribution in [-0.2, 0) is 9.53 Å². The minimum atomic E-state index is -1.40. The maximum absolute atomic E-state index is 12.3. The summed E-state index contributed by atoms with van der Waals surface area (Å²) in [5.74, 6) is -0.240. The van der Waals surface area contributed by atoms with Gasteiger partial charge in [-0.05, 0) is 56.9 Å². The molecular formula is C18H23ClN2O4. The summed E-state index contributed by atoms with van der Waals surface area (Å²) >= 11 is 5.82. The van der Waals surface area contributed by atoms with E-state index in [0.717, 1.165) is 19.3 Å². The Morgan fingerprint density at radius 3 is 2.56 bits per heavy atom. The number of halogens is 1. The molecule has 1 saturated heterocycles. The molecule has 7 heteroatoms. The SMILES string of the molecule is C[C@@]1(O)N(CCC(=O)Nc2ccc(Cl)cc2)C(=O)OC12CCCCC2. The van der Waals surface area contributed by atoms with Crippen molar-refractivity contribution < 1.29 is 19.4 Å². The van der Waals surface area contributed by atoms with Gasteiger partial charge in [-0.25, -0.2) is 4.79 Å². The number of nitrogens with zero attached hydrogens (tertiary/aromatic N) is 1. The predicted molar refractivity (Wildman–Crippen MR) is 94.3 cm³/mol. The second-order valence-electron chi connectivity index (χ2n) is 6.90. The highest BCUT2D eigenvalue weighted by molar-refractivity contribution is 6.30. The Morgan fingerprint density at radius 1 is 1.28 bits per heavy atom. The molecule has 2 N–H and O–H groups in total. The smallest absolute Gasteiger partial charge is 0.412 e. The number of rotatable bonds is 4. The van der Waals surface area contributed by atoms with Gasteiger partial charge in [0, 0.05) is 23.7 Å². The van der Waals surface area contributed by atoms with E-state index in [9.17, 15) is 14.7 Å². The molecule has 0 bridgehead atoms. The molecular weight excluding hydrogens is 344 g/mol. The summed E-state index contributed by atoms with van der Waals surface area (Å²) in [6.07, 6.45) is 3.76. The third-order valence-electron chi connectivity index (χ3n) is 5.24. The molecule has 2 aliphatic rings. The highest BCUT2D eigenvalue weighted by Gasteiger charge is 2.61. The first kappa shape index (κ1) is 18.0. The van der Waals surface area contributed by atoms with Crippen LogP contribution in [0.2, 0.25) is 5.02 Å². The highest BCUT2D eigenvalue weighted by Crippen LogP contribution is 2.46. The van der Waals surface area contributed by atoms with Gasteiger partial charge in [-0.1, -0.05) is 18.0 Å². The zero-order valence-corrected chi connectivity index (χ0v) is 15.0. The van der Waals surface area contributed by atoms with Gasteiger partial charge in [0.15, 0.2) is 11.3 Å². The third-order valence-corrected chi connectivity index (χ3v) is 5.50. The van der Waals surface area contributed by atoms with Crippen molar-refractivity contribution in [3.05, 3.63) is 29.3 Å². The molecule has 6 nitrogen and oxygen atoms in total. The van der Waals surface area contributed by atoms with Gasteiger partial charge in [0.05, 0.1) is 0 Å². The Labute approximate surface area is 152 Å². The van der Waals surface area contributed by atoms with Crippen molar-refractivity contribution >= 4 is 29.3 Å². The zero-order valence-electron chi connectivity index (χ0n) is 14.3. The standard InChI is InChI=1S/C18H23ClN2O4/c1-17(24)18(10-3-2-4-11-18)25-16(23)21(17)12-9-15(22)20-14-7-5-13(19)6-8-14/h5-8,24H,2-4,9-12H2,1H3,(H,20,22)/t17-/m0/s1. The molecule has 1 spiro atoms. The van der Waals surface area contributed by atoms with E-state index in [1.54, 1.807) is 31.2 Å². The van der Waals surface area contributed by atoms with E-state index in [-0.39, 0.29) is 18.9 Å². The first-order valence-corrected chi connectivity index (χ1v) is 9.00. The molecule has 1 aliphatic carbocycles. The van der Waals surface area contributed by atoms with Gasteiger partial charge in [0.25, 0.3) is 0 Å². The van der Waals surface area contributed by atoms with E-state index in [1.165, 1.54) is 4.90 Å². The first-order chi connectivity index (χ1) is 11.8. The molecule has 1 aromatic rings. The molecule has 0 aromatic heterocycles. The van der Waals surface area contributed by atoms with Crippen molar-refractivity contribution in [2.45, 2.75) is 56.8 Å². The van der Waals surface area contributed by atoms with Crippen molar-refractivity contribution in [3.8, 4) is 0 Å². The van der Waals surface area contributed by atoms with Crippen LogP contribution in [0.3, 0.4) is 0 Å². The summed E-state index contributed by atoms with van der Waals surface area (Å²) in [7, 11) is 0. The van der Waals surface area contributed by atoms with Crippen molar-refractivity contribution in [1.29, 1.82) is 0 Å². The predicted octanol–water partition coefficient (Wildman–Crippen LogP) is 3.53. The van der Waals surface area contributed by atoms with Crippen LogP contribution in [0, 0.1) is 0 Å². The van der Waals surface area contributed by atoms with Crippen molar-refractivity contribution in [1.82, 2.24) is 4.90 Å². The second kappa shape index (κ2) is 6.84. The Bertz CT molecular complexity index is 654. The van der Waals surface area contributed by atoms with Crippen LogP contribution in [0.1, 0.15) is 45.4 Å². The fraction of sp³-hybridized carbons (Fsp3) is 0.556. The molecule has 1 aromatic carbocycles. The lowest BCUT2D eigenvalue weighted by atomic mass is 9.77. The summed E-state index contributed by atoms with van der Waals surface area (Å²) in [5.41, 5.74) is -1.62. The van der Waals surface area contributed by atoms with Crippen molar-refractivity contribution in [2.75, 3.05) is 11.9 Å². The van der Waals surface area contributed by atoms with E-state index in [4.69, 9.17) is 16.3 Å². The molecule has 25 heavy (non-hydrogen) atoms. The topological polar surface area (TPSA) is 78.9 Å². The number of anilines is 1. The fourth-order valence-electron chi connectivity index (χ4n) is 3.72. The van der Waals surface area contributed by atoms with Crippen LogP contribution < -0.4 is 5.32 Å². The van der Waals surface area contributed by atoms with E-state index in [2.05, 4.69) is 5.32 Å². The lowest BCUT2D eigenvalue weighted by Gasteiger charge is -2.42. The van der Waals surface area contributed by atoms with Gasteiger partial charge in [-0.15, -0.1) is 0 Å². The van der Waals surface area contributed by atoms with E-state index < -0.39 is 17.4 Å². The van der Waals surface area contributed by atoms with E-state index in [0.29, 0.717) is 23.6 Å². The average molecular weight is 367 g/mol. The van der Waals surface area contributed by atoms with Crippen LogP contribution in [-0.4, -0.2) is 39.9 Å². The second-order valence-corrected chi connectivity index (χ2v) is 7.34. The number of carbonyl (C=O) groups is 2. The number of ether oxygens (including phenoxy) is 1. The maximum Gasteiger partial charge on any atom is 0.412 e. The summed E-state index contributed by atoms with van der Waals surface area (Å²) in [4.78, 5) is 25.7. The van der Waals surface area contributed by atoms with Crippen LogP contribution in [0.5, 0.6) is 0 Å². The maximum atomic E-state index is 12.3. The Hall–Kier alpha value is -1.79. The number of carbonyl (C=O) groups excluding carboxylic acids is 2. The summed E-state index contributed by atoms with van der Waals surface area (Å²) in [6.45, 7) is 1.72. The van der Waals surface area contributed by atoms with Gasteiger partial charge < -0.3 is 15.2 Å². The average Bonchev–Trinajstić information content (AvgIpc) is 2.74. The molecule has 136 valence electrons. The lowest BCUT2D eigenvalue weighted by Crippen LogP contribution is -2.57. The van der Waals surface area contributed by atoms with Crippen LogP contribution in [0.25, 0.3) is 0 Å². The van der Waals surface area contributed by atoms with Crippen LogP contribution >= 0.6 is 11.6 Å². The first-order valence-electron chi connectivity index (χ1n) is 8.62. The van der Waals surface area contributed by atoms with Gasteiger partial charge in [0.1, 0.15) is 0 Å². The Morgan fingerprint density at radius 2 is 1.92 bits per heavy atom. The third kappa shape index (κ3) is 3.46. The van der Waals surface area contributed by atoms with Crippen LogP contribution in [0.4, 0.5) is 10.5 Å². The summed E-state index contributed by atoms with van der Waals surface area (Å²) in [6, 6.07) is 6.79. The normalized spacial score (nSPS) is 25.1. The number of benzene rings is 1. The van der Waals surface area contributed by atoms with Gasteiger partial charge in [0.2, 0.25) is 5.91 Å². The number of nitrogens with one attached hydrogen (secondary N) is 1. The quantitative estimate of drug-likeness (QED) is 0.854. The molecule has 2 amide bonds. The van der Waals surface area contributed by atoms with Gasteiger partial charge in [-0.2, -0.15) is 0 Å². The number of amides is 2. The summed E-state index contributed by atoms with van der Waals surface area (Å²) < 4.78 is 5.57. The zero-order chi connectivity index (χ0) is 18.1. The molecule has 0 radical (unpaired) electrons. The fourth-order valence-corrected chi connectivity index (χ4v) is 3.85. The molecule has 1 atom stereocenters. The monoisotopic (exact) mass is 366 g/mol. The van der Waals surface area contributed by atoms with Crippen molar-refractivity contribution in [2.24, 2.45) is 0 Å². The molecule has 0 unspecified atom stereocenters. The number of hydrogen-bond donors (Lipinski definition) is 2. The van der Waals surface area contributed by atoms with E-state index >= 15 is 0 Å². The largest absolute Gasteiger partial charge is 0.438 e. The highest BCUT2D eigenvalue weighted by atomic mass is 35.5. The van der Waals surface area contributed by atoms with Crippen LogP contribution in [0.15, 0.2) is 24.3 Å². The van der Waals surface area contributed by atoms with E-state index in [1.807, 2.05) is 0 Å². The molecule has 2 fully saturated rings.